The molecule has 1 aromatic heterocycles. The molecule has 0 saturated heterocycles. The molecule has 1 heterocycles. The predicted octanol–water partition coefficient (Wildman–Crippen LogP) is 3.36. The van der Waals surface area contributed by atoms with Crippen LogP contribution >= 0.6 is 0 Å². The van der Waals surface area contributed by atoms with Gasteiger partial charge in [0.1, 0.15) is 5.69 Å². The third kappa shape index (κ3) is 4.92. The minimum Gasteiger partial charge on any atom is -0.481 e. The number of carbonyl (C=O) groups is 2. The van der Waals surface area contributed by atoms with Gasteiger partial charge in [0.2, 0.25) is 0 Å². The lowest BCUT2D eigenvalue weighted by Gasteiger charge is -2.18. The third-order valence-electron chi connectivity index (χ3n) is 4.21. The van der Waals surface area contributed by atoms with Crippen LogP contribution in [0.5, 0.6) is 0 Å². The highest BCUT2D eigenvalue weighted by atomic mass is 16.4. The molecule has 0 aliphatic carbocycles. The minimum absolute atomic E-state index is 0.0736. The average Bonchev–Trinajstić information content (AvgIpc) is 3.06. The van der Waals surface area contributed by atoms with Crippen LogP contribution in [0.3, 0.4) is 0 Å². The van der Waals surface area contributed by atoms with Crippen LogP contribution in [0.25, 0.3) is 0 Å². The van der Waals surface area contributed by atoms with E-state index in [-0.39, 0.29) is 24.9 Å². The van der Waals surface area contributed by atoms with Gasteiger partial charge in [0.05, 0.1) is 19.0 Å². The number of aromatic nitrogens is 2. The summed E-state index contributed by atoms with van der Waals surface area (Å²) in [4.78, 5) is 23.3. The fourth-order valence-corrected chi connectivity index (χ4v) is 2.67. The molecule has 0 spiro atoms. The molecule has 0 saturated carbocycles. The van der Waals surface area contributed by atoms with Gasteiger partial charge in [0.25, 0.3) is 5.91 Å². The Bertz CT molecular complexity index is 720. The first-order valence-electron chi connectivity index (χ1n) is 8.56. The second kappa shape index (κ2) is 8.46. The van der Waals surface area contributed by atoms with E-state index in [1.54, 1.807) is 6.07 Å². The molecular weight excluding hydrogens is 318 g/mol. The summed E-state index contributed by atoms with van der Waals surface area (Å²) in [6.45, 7) is 6.48. The highest BCUT2D eigenvalue weighted by Crippen LogP contribution is 2.21. The van der Waals surface area contributed by atoms with E-state index in [9.17, 15) is 9.59 Å². The van der Waals surface area contributed by atoms with Crippen molar-refractivity contribution in [2.45, 2.75) is 52.1 Å². The van der Waals surface area contributed by atoms with Gasteiger partial charge in [-0.2, -0.15) is 5.10 Å². The molecule has 0 fully saturated rings. The van der Waals surface area contributed by atoms with E-state index in [1.165, 1.54) is 16.4 Å². The number of hydrogen-bond acceptors (Lipinski definition) is 3. The molecule has 1 amide bonds. The Balaban J connectivity index is 2.09. The molecule has 1 aromatic carbocycles. The normalized spacial score (nSPS) is 12.2. The van der Waals surface area contributed by atoms with E-state index >= 15 is 0 Å². The van der Waals surface area contributed by atoms with Crippen LogP contribution in [0, 0.1) is 0 Å². The minimum atomic E-state index is -0.918. The predicted molar refractivity (Wildman–Crippen MR) is 95.5 cm³/mol. The number of amides is 1. The van der Waals surface area contributed by atoms with E-state index in [0.717, 1.165) is 12.0 Å². The number of carboxylic acid groups (broad SMARTS) is 1. The largest absolute Gasteiger partial charge is 0.481 e. The number of carbonyl (C=O) groups excluding carboxylic acids is 1. The fraction of sp³-hybridized carbons (Fsp3) is 0.421. The zero-order chi connectivity index (χ0) is 18.4. The number of benzene rings is 1. The Morgan fingerprint density at radius 1 is 1.16 bits per heavy atom. The SMILES string of the molecule is CCC(NC(=O)c1ccnn1CCC(=O)O)c1ccc(C(C)C)cc1. The van der Waals surface area contributed by atoms with Gasteiger partial charge in [0.15, 0.2) is 0 Å². The molecule has 0 bridgehead atoms. The molecule has 1 unspecified atom stereocenters. The van der Waals surface area contributed by atoms with Gasteiger partial charge in [-0.15, -0.1) is 0 Å². The van der Waals surface area contributed by atoms with Crippen molar-refractivity contribution in [3.8, 4) is 0 Å². The molecule has 0 aliphatic rings. The zero-order valence-corrected chi connectivity index (χ0v) is 14.9. The second-order valence-electron chi connectivity index (χ2n) is 6.34. The van der Waals surface area contributed by atoms with Gasteiger partial charge >= 0.3 is 5.97 Å². The highest BCUT2D eigenvalue weighted by Gasteiger charge is 2.18. The van der Waals surface area contributed by atoms with Crippen LogP contribution in [0.2, 0.25) is 0 Å². The summed E-state index contributed by atoms with van der Waals surface area (Å²) in [6.07, 6.45) is 2.20. The highest BCUT2D eigenvalue weighted by molar-refractivity contribution is 5.92. The van der Waals surface area contributed by atoms with Crippen LogP contribution in [0.1, 0.15) is 67.2 Å². The van der Waals surface area contributed by atoms with Crippen molar-refractivity contribution in [2.75, 3.05) is 0 Å². The molecule has 6 heteroatoms. The maximum absolute atomic E-state index is 12.6. The van der Waals surface area contributed by atoms with Crippen LogP contribution < -0.4 is 5.32 Å². The standard InChI is InChI=1S/C19H25N3O3/c1-4-16(15-7-5-14(6-8-15)13(2)3)21-19(25)17-9-11-20-22(17)12-10-18(23)24/h5-9,11,13,16H,4,10,12H2,1-3H3,(H,21,25)(H,23,24). The lowest BCUT2D eigenvalue weighted by Crippen LogP contribution is -2.30. The fourth-order valence-electron chi connectivity index (χ4n) is 2.67. The smallest absolute Gasteiger partial charge is 0.305 e. The second-order valence-corrected chi connectivity index (χ2v) is 6.34. The van der Waals surface area contributed by atoms with Crippen molar-refractivity contribution in [3.63, 3.8) is 0 Å². The van der Waals surface area contributed by atoms with E-state index in [1.807, 2.05) is 19.1 Å². The van der Waals surface area contributed by atoms with E-state index in [2.05, 4.69) is 36.4 Å². The lowest BCUT2D eigenvalue weighted by molar-refractivity contribution is -0.137. The number of nitrogens with one attached hydrogen (secondary N) is 1. The number of hydrogen-bond donors (Lipinski definition) is 2. The van der Waals surface area contributed by atoms with Gasteiger partial charge in [-0.25, -0.2) is 0 Å². The molecule has 2 rings (SSSR count). The van der Waals surface area contributed by atoms with Crippen molar-refractivity contribution in [2.24, 2.45) is 0 Å². The number of carboxylic acids is 1. The van der Waals surface area contributed by atoms with Crippen molar-refractivity contribution in [1.82, 2.24) is 15.1 Å². The number of nitrogens with zero attached hydrogens (tertiary/aromatic N) is 2. The molecule has 2 aromatic rings. The lowest BCUT2D eigenvalue weighted by atomic mass is 9.98. The van der Waals surface area contributed by atoms with Crippen molar-refractivity contribution in [3.05, 3.63) is 53.3 Å². The third-order valence-corrected chi connectivity index (χ3v) is 4.21. The van der Waals surface area contributed by atoms with E-state index in [0.29, 0.717) is 11.6 Å². The molecule has 1 atom stereocenters. The molecule has 0 aliphatic heterocycles. The van der Waals surface area contributed by atoms with Gasteiger partial charge in [-0.05, 0) is 29.5 Å². The topological polar surface area (TPSA) is 84.2 Å². The van der Waals surface area contributed by atoms with Crippen LogP contribution in [-0.4, -0.2) is 26.8 Å². The Morgan fingerprint density at radius 2 is 1.80 bits per heavy atom. The van der Waals surface area contributed by atoms with E-state index < -0.39 is 5.97 Å². The van der Waals surface area contributed by atoms with Crippen molar-refractivity contribution in [1.29, 1.82) is 0 Å². The summed E-state index contributed by atoms with van der Waals surface area (Å²) < 4.78 is 1.43. The molecule has 134 valence electrons. The van der Waals surface area contributed by atoms with Gasteiger partial charge in [0, 0.05) is 6.20 Å². The molecule has 0 radical (unpaired) electrons. The number of aliphatic carboxylic acids is 1. The Labute approximate surface area is 147 Å². The summed E-state index contributed by atoms with van der Waals surface area (Å²) in [5, 5.41) is 15.8. The Kier molecular flexibility index (Phi) is 6.33. The van der Waals surface area contributed by atoms with Gasteiger partial charge in [-0.3, -0.25) is 14.3 Å². The summed E-state index contributed by atoms with van der Waals surface area (Å²) >= 11 is 0. The maximum atomic E-state index is 12.6. The first-order valence-corrected chi connectivity index (χ1v) is 8.56. The van der Waals surface area contributed by atoms with Gasteiger partial charge < -0.3 is 10.4 Å². The molecule has 25 heavy (non-hydrogen) atoms. The monoisotopic (exact) mass is 343 g/mol. The summed E-state index contributed by atoms with van der Waals surface area (Å²) in [6, 6.07) is 9.78. The van der Waals surface area contributed by atoms with Crippen LogP contribution in [0.15, 0.2) is 36.5 Å². The first-order chi connectivity index (χ1) is 11.9. The quantitative estimate of drug-likeness (QED) is 0.770. The summed E-state index contributed by atoms with van der Waals surface area (Å²) in [7, 11) is 0. The Hall–Kier alpha value is -2.63. The first kappa shape index (κ1) is 18.7. The number of rotatable bonds is 8. The zero-order valence-electron chi connectivity index (χ0n) is 14.9. The molecular formula is C19H25N3O3. The maximum Gasteiger partial charge on any atom is 0.305 e. The Morgan fingerprint density at radius 3 is 2.36 bits per heavy atom. The van der Waals surface area contributed by atoms with Crippen molar-refractivity contribution < 1.29 is 14.7 Å². The molecule has 6 nitrogen and oxygen atoms in total. The van der Waals surface area contributed by atoms with Gasteiger partial charge in [-0.1, -0.05) is 45.0 Å². The summed E-state index contributed by atoms with van der Waals surface area (Å²) in [5.41, 5.74) is 2.69. The number of aryl methyl sites for hydroxylation is 1. The van der Waals surface area contributed by atoms with E-state index in [4.69, 9.17) is 5.11 Å². The van der Waals surface area contributed by atoms with Crippen LogP contribution in [0.4, 0.5) is 0 Å². The van der Waals surface area contributed by atoms with Crippen molar-refractivity contribution >= 4 is 11.9 Å². The average molecular weight is 343 g/mol. The molecule has 2 N–H and O–H groups in total. The summed E-state index contributed by atoms with van der Waals surface area (Å²) in [5.74, 6) is -0.700. The van der Waals surface area contributed by atoms with Crippen LogP contribution in [-0.2, 0) is 11.3 Å².